The molecule has 7 nitrogen and oxygen atoms in total. The van der Waals surface area contributed by atoms with Gasteiger partial charge in [-0.05, 0) is 75.4 Å². The molecule has 12 heteroatoms. The van der Waals surface area contributed by atoms with Gasteiger partial charge in [0, 0.05) is 66.5 Å². The number of halogens is 3. The molecular formula is C30H33F3N6OS2. The molecule has 2 aromatic heterocycles. The van der Waals surface area contributed by atoms with E-state index in [1.54, 1.807) is 6.07 Å². The number of anilines is 3. The molecule has 1 aromatic carbocycles. The first-order chi connectivity index (χ1) is 20.2. The number of likely N-dealkylation sites (N-methyl/N-ethyl adjacent to an activating group) is 1. The van der Waals surface area contributed by atoms with Crippen LogP contribution in [-0.2, 0) is 6.18 Å². The molecule has 7 rings (SSSR count). The number of aromatic nitrogens is 2. The maximum absolute atomic E-state index is 14.2. The summed E-state index contributed by atoms with van der Waals surface area (Å²) in [7, 11) is 2.15. The number of carbonyl (C=O) groups is 1. The molecule has 2 aliphatic heterocycles. The fraction of sp³-hybridized carbons (Fsp3) is 0.500. The number of hydrogen-bond donors (Lipinski definition) is 1. The zero-order valence-corrected chi connectivity index (χ0v) is 25.2. The highest BCUT2D eigenvalue weighted by Crippen LogP contribution is 2.47. The van der Waals surface area contributed by atoms with Gasteiger partial charge in [0.2, 0.25) is 5.95 Å². The molecule has 0 unspecified atom stereocenters. The van der Waals surface area contributed by atoms with Gasteiger partial charge in [-0.25, -0.2) is 9.97 Å². The number of amides is 1. The molecule has 1 N–H and O–H groups in total. The number of thiophene rings is 1. The molecular weight excluding hydrogens is 581 g/mol. The van der Waals surface area contributed by atoms with Crippen LogP contribution < -0.4 is 10.2 Å². The SMILES string of the molecule is C[C@@H]1CN(c2ccc(Nc3ncc(C(F)(F)F)c(-c4cc5c(s4)C(=O)N(C4CC4)CCS5)n3)c(C3CC3)c2)CCN1C. The molecule has 2 aliphatic carbocycles. The van der Waals surface area contributed by atoms with Gasteiger partial charge in [-0.3, -0.25) is 4.79 Å². The topological polar surface area (TPSA) is 64.6 Å². The van der Waals surface area contributed by atoms with Crippen molar-refractivity contribution in [1.82, 2.24) is 19.8 Å². The van der Waals surface area contributed by atoms with Crippen molar-refractivity contribution in [3.05, 3.63) is 46.5 Å². The first-order valence-electron chi connectivity index (χ1n) is 14.5. The monoisotopic (exact) mass is 614 g/mol. The molecule has 0 spiro atoms. The van der Waals surface area contributed by atoms with E-state index < -0.39 is 11.7 Å². The molecule has 3 fully saturated rings. The minimum atomic E-state index is -4.63. The maximum Gasteiger partial charge on any atom is 0.420 e. The lowest BCUT2D eigenvalue weighted by molar-refractivity contribution is -0.137. The minimum absolute atomic E-state index is 0.0846. The lowest BCUT2D eigenvalue weighted by Crippen LogP contribution is -2.50. The van der Waals surface area contributed by atoms with Crippen molar-refractivity contribution in [2.24, 2.45) is 0 Å². The van der Waals surface area contributed by atoms with Gasteiger partial charge in [0.05, 0.1) is 10.6 Å². The summed E-state index contributed by atoms with van der Waals surface area (Å²) < 4.78 is 42.5. The Hall–Kier alpha value is -2.83. The Labute approximate surface area is 251 Å². The zero-order chi connectivity index (χ0) is 29.2. The number of thioether (sulfide) groups is 1. The molecule has 1 saturated heterocycles. The number of piperazine rings is 1. The van der Waals surface area contributed by atoms with Crippen molar-refractivity contribution in [2.45, 2.75) is 61.7 Å². The lowest BCUT2D eigenvalue weighted by atomic mass is 10.1. The highest BCUT2D eigenvalue weighted by molar-refractivity contribution is 7.99. The molecule has 1 atom stereocenters. The fourth-order valence-electron chi connectivity index (χ4n) is 5.80. The second kappa shape index (κ2) is 10.7. The minimum Gasteiger partial charge on any atom is -0.369 e. The molecule has 4 heterocycles. The van der Waals surface area contributed by atoms with Crippen LogP contribution in [0.3, 0.4) is 0 Å². The first-order valence-corrected chi connectivity index (χ1v) is 16.3. The van der Waals surface area contributed by atoms with E-state index in [0.717, 1.165) is 84.8 Å². The van der Waals surface area contributed by atoms with E-state index in [0.29, 0.717) is 28.3 Å². The van der Waals surface area contributed by atoms with Gasteiger partial charge in [-0.2, -0.15) is 13.2 Å². The van der Waals surface area contributed by atoms with Crippen LogP contribution in [0.4, 0.5) is 30.5 Å². The van der Waals surface area contributed by atoms with Gasteiger partial charge < -0.3 is 20.0 Å². The van der Waals surface area contributed by atoms with E-state index in [4.69, 9.17) is 0 Å². The third kappa shape index (κ3) is 5.48. The predicted octanol–water partition coefficient (Wildman–Crippen LogP) is 6.70. The van der Waals surface area contributed by atoms with Crippen molar-refractivity contribution in [3.8, 4) is 10.6 Å². The van der Waals surface area contributed by atoms with Gasteiger partial charge in [0.1, 0.15) is 10.4 Å². The van der Waals surface area contributed by atoms with Gasteiger partial charge in [0.15, 0.2) is 0 Å². The van der Waals surface area contributed by atoms with E-state index >= 15 is 0 Å². The van der Waals surface area contributed by atoms with E-state index in [1.165, 1.54) is 17.4 Å². The van der Waals surface area contributed by atoms with Crippen LogP contribution in [0, 0.1) is 0 Å². The molecule has 0 bridgehead atoms. The number of carbonyl (C=O) groups excluding carboxylic acids is 1. The average Bonchev–Trinajstić information content (AvgIpc) is 3.89. The van der Waals surface area contributed by atoms with Crippen LogP contribution in [0.1, 0.15) is 59.3 Å². The Balaban J connectivity index is 1.21. The van der Waals surface area contributed by atoms with Crippen LogP contribution in [0.25, 0.3) is 10.6 Å². The van der Waals surface area contributed by atoms with Crippen LogP contribution in [0.2, 0.25) is 0 Å². The maximum atomic E-state index is 14.2. The summed E-state index contributed by atoms with van der Waals surface area (Å²) in [4.78, 5) is 30.0. The zero-order valence-electron chi connectivity index (χ0n) is 23.6. The largest absolute Gasteiger partial charge is 0.420 e. The Bertz CT molecular complexity index is 1520. The number of benzene rings is 1. The Morgan fingerprint density at radius 3 is 2.60 bits per heavy atom. The van der Waals surface area contributed by atoms with Gasteiger partial charge in [-0.15, -0.1) is 23.1 Å². The molecule has 0 radical (unpaired) electrons. The van der Waals surface area contributed by atoms with E-state index in [9.17, 15) is 18.0 Å². The third-order valence-electron chi connectivity index (χ3n) is 8.68. The van der Waals surface area contributed by atoms with Crippen molar-refractivity contribution in [1.29, 1.82) is 0 Å². The lowest BCUT2D eigenvalue weighted by Gasteiger charge is -2.39. The summed E-state index contributed by atoms with van der Waals surface area (Å²) in [6.45, 7) is 5.79. The molecule has 42 heavy (non-hydrogen) atoms. The number of hydrogen-bond acceptors (Lipinski definition) is 8. The highest BCUT2D eigenvalue weighted by atomic mass is 32.2. The standard InChI is InChI=1S/C30H33F3N6OS2/c1-17-16-38(10-9-37(17)2)20-7-8-23(21(13-20)18-3-4-18)35-29-34-15-22(30(31,32)33)26(36-29)24-14-25-27(42-24)28(40)39(11-12-41-25)19-5-6-19/h7-8,13-15,17-19H,3-6,9-12,16H2,1-2H3,(H,34,35,36)/t17-/m1/s1. The number of nitrogens with one attached hydrogen (secondary N) is 1. The highest BCUT2D eigenvalue weighted by Gasteiger charge is 2.39. The third-order valence-corrected chi connectivity index (χ3v) is 11.0. The number of fused-ring (bicyclic) bond motifs is 1. The first kappa shape index (κ1) is 28.0. The van der Waals surface area contributed by atoms with Gasteiger partial charge in [0.25, 0.3) is 5.91 Å². The van der Waals surface area contributed by atoms with Crippen molar-refractivity contribution >= 4 is 46.3 Å². The fourth-order valence-corrected chi connectivity index (χ4v) is 8.12. The molecule has 2 saturated carbocycles. The summed E-state index contributed by atoms with van der Waals surface area (Å²) in [5.41, 5.74) is 2.04. The number of rotatable bonds is 6. The van der Waals surface area contributed by atoms with Crippen molar-refractivity contribution < 1.29 is 18.0 Å². The predicted molar refractivity (Wildman–Crippen MR) is 161 cm³/mol. The van der Waals surface area contributed by atoms with E-state index in [2.05, 4.69) is 51.2 Å². The molecule has 1 amide bonds. The molecule has 3 aromatic rings. The van der Waals surface area contributed by atoms with Crippen LogP contribution >= 0.6 is 23.1 Å². The summed E-state index contributed by atoms with van der Waals surface area (Å²) in [6, 6.07) is 8.69. The van der Waals surface area contributed by atoms with Crippen LogP contribution in [0.15, 0.2) is 35.4 Å². The second-order valence-corrected chi connectivity index (χ2v) is 14.0. The summed E-state index contributed by atoms with van der Waals surface area (Å²) in [5, 5.41) is 3.25. The normalized spacial score (nSPS) is 21.8. The van der Waals surface area contributed by atoms with Crippen molar-refractivity contribution in [2.75, 3.05) is 49.2 Å². The van der Waals surface area contributed by atoms with Gasteiger partial charge >= 0.3 is 6.18 Å². The molecule has 222 valence electrons. The summed E-state index contributed by atoms with van der Waals surface area (Å²) in [5.74, 6) is 1.17. The smallest absolute Gasteiger partial charge is 0.369 e. The summed E-state index contributed by atoms with van der Waals surface area (Å²) in [6.07, 6.45) is 0.370. The molecule has 4 aliphatic rings. The summed E-state index contributed by atoms with van der Waals surface area (Å²) >= 11 is 2.63. The van der Waals surface area contributed by atoms with Gasteiger partial charge in [-0.1, -0.05) is 0 Å². The Morgan fingerprint density at radius 2 is 1.88 bits per heavy atom. The van der Waals surface area contributed by atoms with E-state index in [-0.39, 0.29) is 23.6 Å². The van der Waals surface area contributed by atoms with E-state index in [1.807, 2.05) is 11.0 Å². The van der Waals surface area contributed by atoms with Crippen LogP contribution in [-0.4, -0.2) is 76.7 Å². The van der Waals surface area contributed by atoms with Crippen LogP contribution in [0.5, 0.6) is 0 Å². The number of nitrogens with zero attached hydrogens (tertiary/aromatic N) is 5. The second-order valence-electron chi connectivity index (χ2n) is 11.8. The number of alkyl halides is 3. The van der Waals surface area contributed by atoms with Crippen molar-refractivity contribution in [3.63, 3.8) is 0 Å². The Morgan fingerprint density at radius 1 is 1.07 bits per heavy atom. The average molecular weight is 615 g/mol. The quantitative estimate of drug-likeness (QED) is 0.332. The Kier molecular flexibility index (Phi) is 7.13.